The monoisotopic (exact) mass is 378 g/mol. The number of nitrogens with zero attached hydrogens (tertiary/aromatic N) is 4. The number of hydrogen-bond acceptors (Lipinski definition) is 6. The topological polar surface area (TPSA) is 81.4 Å². The highest BCUT2D eigenvalue weighted by molar-refractivity contribution is 5.92. The molecule has 1 saturated heterocycles. The molecule has 1 aromatic carbocycles. The first kappa shape index (κ1) is 18.3. The molecule has 1 amide bonds. The summed E-state index contributed by atoms with van der Waals surface area (Å²) in [4.78, 5) is 23.1. The molecule has 0 aliphatic carbocycles. The fraction of sp³-hybridized carbons (Fsp3) is 0.333. The van der Waals surface area contributed by atoms with E-state index in [1.165, 1.54) is 0 Å². The molecule has 1 unspecified atom stereocenters. The highest BCUT2D eigenvalue weighted by Gasteiger charge is 2.29. The Labute approximate surface area is 163 Å². The van der Waals surface area contributed by atoms with E-state index in [-0.39, 0.29) is 18.4 Å². The van der Waals surface area contributed by atoms with Gasteiger partial charge in [-0.2, -0.15) is 4.98 Å². The normalized spacial score (nSPS) is 16.9. The van der Waals surface area contributed by atoms with Crippen LogP contribution < -0.4 is 0 Å². The molecule has 4 rings (SSSR count). The number of ether oxygens (including phenoxy) is 1. The zero-order valence-electron chi connectivity index (χ0n) is 15.5. The number of carbonyl (C=O) groups excluding carboxylic acids is 1. The average Bonchev–Trinajstić information content (AvgIpc) is 3.24. The van der Waals surface area contributed by atoms with Crippen LogP contribution in [0.5, 0.6) is 0 Å². The van der Waals surface area contributed by atoms with Gasteiger partial charge in [0.1, 0.15) is 12.3 Å². The third-order valence-electron chi connectivity index (χ3n) is 4.78. The van der Waals surface area contributed by atoms with E-state index in [2.05, 4.69) is 15.1 Å². The van der Waals surface area contributed by atoms with Gasteiger partial charge in [0.2, 0.25) is 0 Å². The third kappa shape index (κ3) is 4.43. The van der Waals surface area contributed by atoms with Gasteiger partial charge in [-0.05, 0) is 30.5 Å². The van der Waals surface area contributed by atoms with Crippen LogP contribution in [0.1, 0.15) is 46.5 Å². The first-order valence-corrected chi connectivity index (χ1v) is 9.44. The first-order valence-electron chi connectivity index (χ1n) is 9.44. The largest absolute Gasteiger partial charge is 0.367 e. The van der Waals surface area contributed by atoms with Crippen LogP contribution in [-0.2, 0) is 18.0 Å². The van der Waals surface area contributed by atoms with Crippen molar-refractivity contribution in [2.24, 2.45) is 0 Å². The van der Waals surface area contributed by atoms with Gasteiger partial charge in [0.05, 0.1) is 6.61 Å². The number of carbonyl (C=O) groups is 1. The molecule has 144 valence electrons. The summed E-state index contributed by atoms with van der Waals surface area (Å²) in [7, 11) is 0. The van der Waals surface area contributed by atoms with Gasteiger partial charge in [-0.15, -0.1) is 0 Å². The van der Waals surface area contributed by atoms with Gasteiger partial charge in [0.25, 0.3) is 11.8 Å². The molecule has 1 aliphatic heterocycles. The number of piperidine rings is 1. The van der Waals surface area contributed by atoms with Crippen LogP contribution in [0.25, 0.3) is 0 Å². The predicted octanol–water partition coefficient (Wildman–Crippen LogP) is 3.20. The van der Waals surface area contributed by atoms with Crippen LogP contribution in [0.15, 0.2) is 59.3 Å². The Morgan fingerprint density at radius 2 is 2.00 bits per heavy atom. The van der Waals surface area contributed by atoms with Crippen molar-refractivity contribution in [1.82, 2.24) is 20.0 Å². The predicted molar refractivity (Wildman–Crippen MR) is 101 cm³/mol. The van der Waals surface area contributed by atoms with Crippen molar-refractivity contribution in [2.75, 3.05) is 13.1 Å². The van der Waals surface area contributed by atoms with Crippen molar-refractivity contribution in [2.45, 2.75) is 32.0 Å². The average molecular weight is 378 g/mol. The Morgan fingerprint density at radius 1 is 1.14 bits per heavy atom. The Hall–Kier alpha value is -3.06. The molecule has 7 nitrogen and oxygen atoms in total. The Kier molecular flexibility index (Phi) is 5.72. The van der Waals surface area contributed by atoms with E-state index in [4.69, 9.17) is 9.26 Å². The molecule has 2 aromatic heterocycles. The molecule has 1 fully saturated rings. The van der Waals surface area contributed by atoms with Crippen molar-refractivity contribution in [3.8, 4) is 0 Å². The molecule has 3 heterocycles. The van der Waals surface area contributed by atoms with Gasteiger partial charge >= 0.3 is 0 Å². The van der Waals surface area contributed by atoms with E-state index in [9.17, 15) is 4.79 Å². The SMILES string of the molecule is O=C(c1ccccn1)N1CCCC(c2noc(COCc3ccccc3)n2)C1. The van der Waals surface area contributed by atoms with Crippen LogP contribution in [0.2, 0.25) is 0 Å². The molecule has 1 aliphatic rings. The van der Waals surface area contributed by atoms with Crippen molar-refractivity contribution in [1.29, 1.82) is 0 Å². The van der Waals surface area contributed by atoms with Crippen LogP contribution in [0, 0.1) is 0 Å². The molecule has 0 N–H and O–H groups in total. The summed E-state index contributed by atoms with van der Waals surface area (Å²) in [5.74, 6) is 1.10. The summed E-state index contributed by atoms with van der Waals surface area (Å²) in [6.07, 6.45) is 3.46. The number of aromatic nitrogens is 3. The van der Waals surface area contributed by atoms with E-state index in [1.54, 1.807) is 18.3 Å². The maximum absolute atomic E-state index is 12.6. The highest BCUT2D eigenvalue weighted by atomic mass is 16.5. The lowest BCUT2D eigenvalue weighted by molar-refractivity contribution is 0.0697. The number of pyridine rings is 1. The second kappa shape index (κ2) is 8.75. The van der Waals surface area contributed by atoms with Gasteiger partial charge in [0.15, 0.2) is 5.82 Å². The number of likely N-dealkylation sites (tertiary alicyclic amines) is 1. The minimum atomic E-state index is -0.0554. The van der Waals surface area contributed by atoms with Crippen LogP contribution in [0.4, 0.5) is 0 Å². The van der Waals surface area contributed by atoms with E-state index in [0.717, 1.165) is 24.9 Å². The molecule has 0 spiro atoms. The number of hydrogen-bond donors (Lipinski definition) is 0. The maximum atomic E-state index is 12.6. The summed E-state index contributed by atoms with van der Waals surface area (Å²) in [6, 6.07) is 15.3. The standard InChI is InChI=1S/C21H22N4O3/c26-21(18-10-4-5-11-22-18)25-12-6-9-17(13-25)20-23-19(28-24-20)15-27-14-16-7-2-1-3-8-16/h1-5,7-8,10-11,17H,6,9,12-15H2. The molecule has 7 heteroatoms. The second-order valence-electron chi connectivity index (χ2n) is 6.83. The minimum Gasteiger partial charge on any atom is -0.367 e. The fourth-order valence-corrected chi connectivity index (χ4v) is 3.35. The zero-order chi connectivity index (χ0) is 19.2. The lowest BCUT2D eigenvalue weighted by Gasteiger charge is -2.31. The van der Waals surface area contributed by atoms with E-state index < -0.39 is 0 Å². The van der Waals surface area contributed by atoms with E-state index >= 15 is 0 Å². The molecular weight excluding hydrogens is 356 g/mol. The molecule has 3 aromatic rings. The summed E-state index contributed by atoms with van der Waals surface area (Å²) < 4.78 is 11.0. The first-order chi connectivity index (χ1) is 13.8. The van der Waals surface area contributed by atoms with E-state index in [0.29, 0.717) is 30.6 Å². The molecule has 0 saturated carbocycles. The Bertz CT molecular complexity index is 898. The Morgan fingerprint density at radius 3 is 2.82 bits per heavy atom. The van der Waals surface area contributed by atoms with Gasteiger partial charge in [0, 0.05) is 25.2 Å². The van der Waals surface area contributed by atoms with Crippen molar-refractivity contribution < 1.29 is 14.1 Å². The van der Waals surface area contributed by atoms with Crippen LogP contribution >= 0.6 is 0 Å². The van der Waals surface area contributed by atoms with Gasteiger partial charge in [-0.1, -0.05) is 41.6 Å². The summed E-state index contributed by atoms with van der Waals surface area (Å²) in [5.41, 5.74) is 1.56. The molecule has 28 heavy (non-hydrogen) atoms. The maximum Gasteiger partial charge on any atom is 0.272 e. The van der Waals surface area contributed by atoms with Gasteiger partial charge in [-0.25, -0.2) is 0 Å². The van der Waals surface area contributed by atoms with Crippen molar-refractivity contribution >= 4 is 5.91 Å². The molecule has 0 radical (unpaired) electrons. The van der Waals surface area contributed by atoms with Gasteiger partial charge < -0.3 is 14.2 Å². The van der Waals surface area contributed by atoms with Gasteiger partial charge in [-0.3, -0.25) is 9.78 Å². The Balaban J connectivity index is 1.33. The number of benzene rings is 1. The van der Waals surface area contributed by atoms with Crippen molar-refractivity contribution in [3.05, 3.63) is 77.7 Å². The van der Waals surface area contributed by atoms with E-state index in [1.807, 2.05) is 41.3 Å². The molecule has 1 atom stereocenters. The lowest BCUT2D eigenvalue weighted by Crippen LogP contribution is -2.39. The number of rotatable bonds is 6. The minimum absolute atomic E-state index is 0.0554. The lowest BCUT2D eigenvalue weighted by atomic mass is 9.97. The van der Waals surface area contributed by atoms with Crippen LogP contribution in [0.3, 0.4) is 0 Å². The summed E-state index contributed by atoms with van der Waals surface area (Å²) >= 11 is 0. The second-order valence-corrected chi connectivity index (χ2v) is 6.83. The quantitative estimate of drug-likeness (QED) is 0.655. The summed E-state index contributed by atoms with van der Waals surface area (Å²) in [5, 5.41) is 4.11. The zero-order valence-corrected chi connectivity index (χ0v) is 15.5. The smallest absolute Gasteiger partial charge is 0.272 e. The molecule has 0 bridgehead atoms. The van der Waals surface area contributed by atoms with Crippen molar-refractivity contribution in [3.63, 3.8) is 0 Å². The molecular formula is C21H22N4O3. The van der Waals surface area contributed by atoms with Crippen LogP contribution in [-0.4, -0.2) is 39.0 Å². The fourth-order valence-electron chi connectivity index (χ4n) is 3.35. The summed E-state index contributed by atoms with van der Waals surface area (Å²) in [6.45, 7) is 2.05. The number of amides is 1. The third-order valence-corrected chi connectivity index (χ3v) is 4.78. The highest BCUT2D eigenvalue weighted by Crippen LogP contribution is 2.26.